The zero-order chi connectivity index (χ0) is 15.0. The fourth-order valence-electron chi connectivity index (χ4n) is 2.28. The summed E-state index contributed by atoms with van der Waals surface area (Å²) in [6, 6.07) is 9.39. The molecule has 2 nitrogen and oxygen atoms in total. The molecule has 6 heteroatoms. The summed E-state index contributed by atoms with van der Waals surface area (Å²) >= 11 is 8.97. The van der Waals surface area contributed by atoms with Crippen LogP contribution < -0.4 is 0 Å². The molecule has 0 saturated heterocycles. The monoisotopic (exact) mass is 370 g/mol. The van der Waals surface area contributed by atoms with E-state index in [1.807, 2.05) is 0 Å². The Bertz CT molecular complexity index is 817. The van der Waals surface area contributed by atoms with Crippen LogP contribution in [0.5, 0.6) is 0 Å². The van der Waals surface area contributed by atoms with Crippen LogP contribution in [0.3, 0.4) is 0 Å². The molecule has 0 aliphatic rings. The number of hydrogen-bond acceptors (Lipinski definition) is 1. The van der Waals surface area contributed by atoms with Crippen LogP contribution in [0.2, 0.25) is 0 Å². The lowest BCUT2D eigenvalue weighted by Gasteiger charge is -2.09. The molecule has 0 atom stereocenters. The van der Waals surface area contributed by atoms with Crippen LogP contribution in [0.25, 0.3) is 16.7 Å². The van der Waals surface area contributed by atoms with Gasteiger partial charge in [0.1, 0.15) is 17.2 Å². The molecule has 21 heavy (non-hydrogen) atoms. The molecule has 0 fully saturated rings. The first-order valence-corrected chi connectivity index (χ1v) is 7.62. The van der Waals surface area contributed by atoms with Crippen molar-refractivity contribution in [2.45, 2.75) is 6.42 Å². The third kappa shape index (κ3) is 2.56. The minimum absolute atomic E-state index is 0.290. The van der Waals surface area contributed by atoms with Crippen LogP contribution in [0.15, 0.2) is 40.9 Å². The van der Waals surface area contributed by atoms with Crippen molar-refractivity contribution in [1.82, 2.24) is 9.55 Å². The lowest BCUT2D eigenvalue weighted by molar-refractivity contribution is 0.620. The van der Waals surface area contributed by atoms with E-state index in [0.717, 1.165) is 0 Å². The number of hydrogen-bond donors (Lipinski definition) is 0. The summed E-state index contributed by atoms with van der Waals surface area (Å²) in [7, 11) is 0. The molecule has 0 bridgehead atoms. The minimum Gasteiger partial charge on any atom is -0.296 e. The van der Waals surface area contributed by atoms with Gasteiger partial charge in [0.15, 0.2) is 5.82 Å². The van der Waals surface area contributed by atoms with Crippen molar-refractivity contribution in [2.75, 3.05) is 5.88 Å². The normalized spacial score (nSPS) is 11.2. The molecule has 0 spiro atoms. The van der Waals surface area contributed by atoms with Crippen molar-refractivity contribution in [2.24, 2.45) is 0 Å². The van der Waals surface area contributed by atoms with E-state index < -0.39 is 0 Å². The zero-order valence-electron chi connectivity index (χ0n) is 10.8. The highest BCUT2D eigenvalue weighted by Gasteiger charge is 2.15. The van der Waals surface area contributed by atoms with Crippen molar-refractivity contribution < 1.29 is 8.78 Å². The molecule has 1 aromatic heterocycles. The largest absolute Gasteiger partial charge is 0.296 e. The summed E-state index contributed by atoms with van der Waals surface area (Å²) in [4.78, 5) is 4.32. The van der Waals surface area contributed by atoms with E-state index in [2.05, 4.69) is 20.9 Å². The molecule has 108 valence electrons. The van der Waals surface area contributed by atoms with Gasteiger partial charge in [0.05, 0.1) is 9.99 Å². The average molecular weight is 372 g/mol. The predicted octanol–water partition coefficient (Wildman–Crippen LogP) is 4.85. The molecule has 3 aromatic rings. The SMILES string of the molecule is Fc1ccc(-n2c(CCCl)nc3c(F)cccc32)cc1Br. The van der Waals surface area contributed by atoms with E-state index in [0.29, 0.717) is 33.8 Å². The van der Waals surface area contributed by atoms with Crippen LogP contribution >= 0.6 is 27.5 Å². The molecular formula is C15H10BrClF2N2. The van der Waals surface area contributed by atoms with Gasteiger partial charge in [0.2, 0.25) is 0 Å². The number of para-hydroxylation sites is 1. The number of benzene rings is 2. The minimum atomic E-state index is -0.386. The second kappa shape index (κ2) is 5.73. The molecule has 0 radical (unpaired) electrons. The molecule has 1 heterocycles. The highest BCUT2D eigenvalue weighted by Crippen LogP contribution is 2.26. The smallest absolute Gasteiger partial charge is 0.151 e. The fraction of sp³-hybridized carbons (Fsp3) is 0.133. The van der Waals surface area contributed by atoms with Gasteiger partial charge in [-0.2, -0.15) is 0 Å². The van der Waals surface area contributed by atoms with Crippen LogP contribution in [-0.4, -0.2) is 15.4 Å². The number of halogens is 4. The first-order valence-electron chi connectivity index (χ1n) is 6.29. The van der Waals surface area contributed by atoms with Gasteiger partial charge in [-0.15, -0.1) is 11.6 Å². The van der Waals surface area contributed by atoms with Crippen molar-refractivity contribution in [1.29, 1.82) is 0 Å². The van der Waals surface area contributed by atoms with Gasteiger partial charge < -0.3 is 0 Å². The number of aryl methyl sites for hydroxylation is 1. The van der Waals surface area contributed by atoms with Gasteiger partial charge in [0, 0.05) is 18.0 Å². The van der Waals surface area contributed by atoms with Crippen LogP contribution in [0, 0.1) is 11.6 Å². The third-order valence-electron chi connectivity index (χ3n) is 3.18. The highest BCUT2D eigenvalue weighted by molar-refractivity contribution is 9.10. The molecule has 0 amide bonds. The maximum absolute atomic E-state index is 13.9. The molecule has 0 aliphatic heterocycles. The van der Waals surface area contributed by atoms with Crippen molar-refractivity contribution >= 4 is 38.6 Å². The molecule has 0 aliphatic carbocycles. The number of alkyl halides is 1. The molecule has 0 N–H and O–H groups in total. The van der Waals surface area contributed by atoms with E-state index in [9.17, 15) is 8.78 Å². The standard InChI is InChI=1S/C15H10BrClF2N2/c16-10-8-9(4-5-11(10)18)21-13-3-1-2-12(19)15(13)20-14(21)6-7-17/h1-5,8H,6-7H2. The van der Waals surface area contributed by atoms with Crippen molar-refractivity contribution in [3.63, 3.8) is 0 Å². The second-order valence-electron chi connectivity index (χ2n) is 4.51. The van der Waals surface area contributed by atoms with E-state index >= 15 is 0 Å². The Morgan fingerprint density at radius 3 is 2.67 bits per heavy atom. The number of imidazole rings is 1. The Hall–Kier alpha value is -1.46. The van der Waals surface area contributed by atoms with Gasteiger partial charge >= 0.3 is 0 Å². The van der Waals surface area contributed by atoms with E-state index in [4.69, 9.17) is 11.6 Å². The first kappa shape index (κ1) is 14.5. The van der Waals surface area contributed by atoms with Gasteiger partial charge in [0.25, 0.3) is 0 Å². The van der Waals surface area contributed by atoms with Gasteiger partial charge in [-0.05, 0) is 46.3 Å². The van der Waals surface area contributed by atoms with Crippen LogP contribution in [0.4, 0.5) is 8.78 Å². The van der Waals surface area contributed by atoms with Crippen LogP contribution in [0.1, 0.15) is 5.82 Å². The van der Waals surface area contributed by atoms with E-state index in [1.165, 1.54) is 12.1 Å². The Kier molecular flexibility index (Phi) is 3.95. The maximum atomic E-state index is 13.9. The average Bonchev–Trinajstić information content (AvgIpc) is 2.82. The summed E-state index contributed by atoms with van der Waals surface area (Å²) in [6.45, 7) is 0. The number of rotatable bonds is 3. The Morgan fingerprint density at radius 1 is 1.14 bits per heavy atom. The molecule has 0 saturated carbocycles. The van der Waals surface area contributed by atoms with Crippen molar-refractivity contribution in [3.05, 3.63) is 58.3 Å². The predicted molar refractivity (Wildman–Crippen MR) is 83.1 cm³/mol. The summed E-state index contributed by atoms with van der Waals surface area (Å²) in [6.07, 6.45) is 0.491. The first-order chi connectivity index (χ1) is 10.1. The van der Waals surface area contributed by atoms with Gasteiger partial charge in [-0.25, -0.2) is 13.8 Å². The molecular weight excluding hydrogens is 362 g/mol. The Balaban J connectivity index is 2.30. The molecule has 3 rings (SSSR count). The van der Waals surface area contributed by atoms with E-state index in [1.54, 1.807) is 28.8 Å². The topological polar surface area (TPSA) is 17.8 Å². The summed E-state index contributed by atoms with van der Waals surface area (Å²) < 4.78 is 29.5. The molecule has 0 unspecified atom stereocenters. The van der Waals surface area contributed by atoms with Gasteiger partial charge in [-0.1, -0.05) is 6.07 Å². The summed E-state index contributed by atoms with van der Waals surface area (Å²) in [5.74, 6) is 0.271. The second-order valence-corrected chi connectivity index (χ2v) is 5.74. The van der Waals surface area contributed by atoms with E-state index in [-0.39, 0.29) is 17.2 Å². The Morgan fingerprint density at radius 2 is 1.95 bits per heavy atom. The number of fused-ring (bicyclic) bond motifs is 1. The van der Waals surface area contributed by atoms with Gasteiger partial charge in [-0.3, -0.25) is 4.57 Å². The molecule has 2 aromatic carbocycles. The number of aromatic nitrogens is 2. The maximum Gasteiger partial charge on any atom is 0.151 e. The lowest BCUT2D eigenvalue weighted by Crippen LogP contribution is -2.02. The number of nitrogens with zero attached hydrogens (tertiary/aromatic N) is 2. The summed E-state index contributed by atoms with van der Waals surface area (Å²) in [5, 5.41) is 0. The Labute approximate surface area is 133 Å². The highest BCUT2D eigenvalue weighted by atomic mass is 79.9. The fourth-order valence-corrected chi connectivity index (χ4v) is 2.81. The zero-order valence-corrected chi connectivity index (χ0v) is 13.1. The lowest BCUT2D eigenvalue weighted by atomic mass is 10.2. The van der Waals surface area contributed by atoms with Crippen molar-refractivity contribution in [3.8, 4) is 5.69 Å². The quantitative estimate of drug-likeness (QED) is 0.602. The third-order valence-corrected chi connectivity index (χ3v) is 3.98. The summed E-state index contributed by atoms with van der Waals surface area (Å²) in [5.41, 5.74) is 1.63. The van der Waals surface area contributed by atoms with Crippen LogP contribution in [-0.2, 0) is 6.42 Å².